The number of hydrogen-bond donors (Lipinski definition) is 1. The Kier molecular flexibility index (Phi) is 6.59. The molecular formula is C17H26F2O2. The minimum Gasteiger partial charge on any atom is -0.493 e. The molecule has 0 heterocycles. The summed E-state index contributed by atoms with van der Waals surface area (Å²) in [6.45, 7) is 8.12. The van der Waals surface area contributed by atoms with Crippen LogP contribution in [0.25, 0.3) is 0 Å². The molecule has 0 saturated carbocycles. The van der Waals surface area contributed by atoms with Gasteiger partial charge in [-0.25, -0.2) is 8.78 Å². The summed E-state index contributed by atoms with van der Waals surface area (Å²) in [6, 6.07) is 6.83. The number of aliphatic hydroxyl groups is 1. The van der Waals surface area contributed by atoms with Gasteiger partial charge in [-0.3, -0.25) is 0 Å². The number of halogens is 2. The zero-order chi connectivity index (χ0) is 16.0. The third-order valence-electron chi connectivity index (χ3n) is 3.83. The smallest absolute Gasteiger partial charge is 0.244 e. The molecule has 1 rings (SSSR count). The molecule has 2 nitrogen and oxygen atoms in total. The second kappa shape index (κ2) is 7.74. The summed E-state index contributed by atoms with van der Waals surface area (Å²) in [6.07, 6.45) is -2.06. The molecule has 2 atom stereocenters. The van der Waals surface area contributed by atoms with E-state index >= 15 is 0 Å². The molecule has 4 heteroatoms. The molecule has 1 N–H and O–H groups in total. The molecule has 0 saturated heterocycles. The van der Waals surface area contributed by atoms with Crippen LogP contribution in [0.1, 0.15) is 46.1 Å². The third-order valence-corrected chi connectivity index (χ3v) is 3.83. The predicted molar refractivity (Wildman–Crippen MR) is 80.7 cm³/mol. The molecule has 0 aliphatic heterocycles. The molecule has 1 aromatic rings. The van der Waals surface area contributed by atoms with Gasteiger partial charge >= 0.3 is 0 Å². The number of hydrogen-bond acceptors (Lipinski definition) is 2. The maximum atomic E-state index is 13.2. The monoisotopic (exact) mass is 300 g/mol. The standard InChI is InChI=1S/C17H26F2O2/c1-5-15(16(18)19)17(20,6-2)13-7-9-14(10-8-13)21-11-12(3)4/h7-10,12,15-16,20H,5-6,11H2,1-4H3. The summed E-state index contributed by atoms with van der Waals surface area (Å²) < 4.78 is 31.9. The second-order valence-corrected chi connectivity index (χ2v) is 5.86. The topological polar surface area (TPSA) is 29.5 Å². The minimum atomic E-state index is -2.54. The fourth-order valence-corrected chi connectivity index (χ4v) is 2.51. The molecule has 0 amide bonds. The fourth-order valence-electron chi connectivity index (χ4n) is 2.51. The molecule has 21 heavy (non-hydrogen) atoms. The summed E-state index contributed by atoms with van der Waals surface area (Å²) in [4.78, 5) is 0. The highest BCUT2D eigenvalue weighted by molar-refractivity contribution is 5.31. The maximum Gasteiger partial charge on any atom is 0.244 e. The van der Waals surface area contributed by atoms with Crippen molar-refractivity contribution in [2.45, 2.75) is 52.6 Å². The minimum absolute atomic E-state index is 0.230. The van der Waals surface area contributed by atoms with Crippen LogP contribution >= 0.6 is 0 Å². The molecule has 1 aromatic carbocycles. The zero-order valence-electron chi connectivity index (χ0n) is 13.3. The van der Waals surface area contributed by atoms with Gasteiger partial charge in [0, 0.05) is 0 Å². The summed E-state index contributed by atoms with van der Waals surface area (Å²) in [5, 5.41) is 10.7. The van der Waals surface area contributed by atoms with Crippen molar-refractivity contribution in [2.75, 3.05) is 6.61 Å². The van der Waals surface area contributed by atoms with Crippen LogP contribution in [0.5, 0.6) is 5.75 Å². The van der Waals surface area contributed by atoms with Crippen molar-refractivity contribution in [1.29, 1.82) is 0 Å². The van der Waals surface area contributed by atoms with E-state index in [9.17, 15) is 13.9 Å². The Hall–Kier alpha value is -1.16. The Labute approximate surface area is 126 Å². The lowest BCUT2D eigenvalue weighted by Gasteiger charge is -2.35. The molecule has 0 spiro atoms. The van der Waals surface area contributed by atoms with E-state index in [1.165, 1.54) is 0 Å². The first-order valence-electron chi connectivity index (χ1n) is 7.59. The van der Waals surface area contributed by atoms with Crippen LogP contribution in [0.2, 0.25) is 0 Å². The van der Waals surface area contributed by atoms with Gasteiger partial charge in [0.15, 0.2) is 0 Å². The van der Waals surface area contributed by atoms with Crippen molar-refractivity contribution >= 4 is 0 Å². The van der Waals surface area contributed by atoms with Gasteiger partial charge in [0.1, 0.15) is 5.75 Å². The van der Waals surface area contributed by atoms with E-state index < -0.39 is 17.9 Å². The highest BCUT2D eigenvalue weighted by Gasteiger charge is 2.41. The van der Waals surface area contributed by atoms with Gasteiger partial charge in [-0.2, -0.15) is 0 Å². The first-order valence-corrected chi connectivity index (χ1v) is 7.59. The zero-order valence-corrected chi connectivity index (χ0v) is 13.3. The Balaban J connectivity index is 2.95. The Bertz CT molecular complexity index is 417. The van der Waals surface area contributed by atoms with Crippen molar-refractivity contribution in [2.24, 2.45) is 11.8 Å². The molecule has 0 bridgehead atoms. The normalized spacial score (nSPS) is 16.0. The first kappa shape index (κ1) is 17.9. The lowest BCUT2D eigenvalue weighted by molar-refractivity contribution is -0.0944. The molecule has 0 fully saturated rings. The first-order chi connectivity index (χ1) is 9.85. The van der Waals surface area contributed by atoms with Gasteiger partial charge in [0.25, 0.3) is 0 Å². The van der Waals surface area contributed by atoms with Crippen molar-refractivity contribution in [3.05, 3.63) is 29.8 Å². The van der Waals surface area contributed by atoms with Crippen molar-refractivity contribution in [3.8, 4) is 5.75 Å². The van der Waals surface area contributed by atoms with Gasteiger partial charge in [0.2, 0.25) is 6.43 Å². The summed E-state index contributed by atoms with van der Waals surface area (Å²) in [7, 11) is 0. The van der Waals surface area contributed by atoms with Crippen molar-refractivity contribution < 1.29 is 18.6 Å². The summed E-state index contributed by atoms with van der Waals surface area (Å²) in [5.74, 6) is 0.0430. The van der Waals surface area contributed by atoms with Crippen molar-refractivity contribution in [3.63, 3.8) is 0 Å². The number of benzene rings is 1. The molecule has 0 aliphatic rings. The van der Waals surface area contributed by atoms with Crippen LogP contribution in [0, 0.1) is 11.8 Å². The number of ether oxygens (including phenoxy) is 1. The Morgan fingerprint density at radius 3 is 2.10 bits per heavy atom. The molecule has 0 aliphatic carbocycles. The fraction of sp³-hybridized carbons (Fsp3) is 0.647. The summed E-state index contributed by atoms with van der Waals surface area (Å²) >= 11 is 0. The lowest BCUT2D eigenvalue weighted by Crippen LogP contribution is -2.38. The Morgan fingerprint density at radius 2 is 1.71 bits per heavy atom. The third kappa shape index (κ3) is 4.40. The van der Waals surface area contributed by atoms with Crippen LogP contribution in [-0.4, -0.2) is 18.1 Å². The molecule has 120 valence electrons. The van der Waals surface area contributed by atoms with E-state index in [1.54, 1.807) is 38.1 Å². The van der Waals surface area contributed by atoms with E-state index in [4.69, 9.17) is 4.74 Å². The van der Waals surface area contributed by atoms with Crippen LogP contribution in [0.3, 0.4) is 0 Å². The molecular weight excluding hydrogens is 274 g/mol. The average molecular weight is 300 g/mol. The van der Waals surface area contributed by atoms with Gasteiger partial charge in [-0.1, -0.05) is 39.8 Å². The molecule has 2 unspecified atom stereocenters. The number of alkyl halides is 2. The van der Waals surface area contributed by atoms with E-state index in [0.717, 1.165) is 0 Å². The van der Waals surface area contributed by atoms with E-state index in [1.807, 2.05) is 0 Å². The quantitative estimate of drug-likeness (QED) is 0.759. The van der Waals surface area contributed by atoms with Crippen LogP contribution in [-0.2, 0) is 5.60 Å². The largest absolute Gasteiger partial charge is 0.493 e. The van der Waals surface area contributed by atoms with E-state index in [2.05, 4.69) is 13.8 Å². The molecule has 0 radical (unpaired) electrons. The number of rotatable bonds is 8. The Morgan fingerprint density at radius 1 is 1.14 bits per heavy atom. The van der Waals surface area contributed by atoms with Crippen LogP contribution < -0.4 is 4.74 Å². The lowest BCUT2D eigenvalue weighted by atomic mass is 9.78. The van der Waals surface area contributed by atoms with E-state index in [-0.39, 0.29) is 12.8 Å². The highest BCUT2D eigenvalue weighted by Crippen LogP contribution is 2.39. The SMILES string of the molecule is CCC(C(F)F)C(O)(CC)c1ccc(OCC(C)C)cc1. The second-order valence-electron chi connectivity index (χ2n) is 5.86. The van der Waals surface area contributed by atoms with Gasteiger partial charge in [-0.15, -0.1) is 0 Å². The molecule has 0 aromatic heterocycles. The van der Waals surface area contributed by atoms with E-state index in [0.29, 0.717) is 23.8 Å². The van der Waals surface area contributed by atoms with Gasteiger partial charge < -0.3 is 9.84 Å². The predicted octanol–water partition coefficient (Wildman–Crippen LogP) is 4.61. The van der Waals surface area contributed by atoms with Crippen molar-refractivity contribution in [1.82, 2.24) is 0 Å². The van der Waals surface area contributed by atoms with Crippen LogP contribution in [0.4, 0.5) is 8.78 Å². The highest BCUT2D eigenvalue weighted by atomic mass is 19.3. The summed E-state index contributed by atoms with van der Waals surface area (Å²) in [5.41, 5.74) is -0.978. The maximum absolute atomic E-state index is 13.2. The van der Waals surface area contributed by atoms with Crippen LogP contribution in [0.15, 0.2) is 24.3 Å². The van der Waals surface area contributed by atoms with Gasteiger partial charge in [-0.05, 0) is 36.5 Å². The van der Waals surface area contributed by atoms with Gasteiger partial charge in [0.05, 0.1) is 18.1 Å². The average Bonchev–Trinajstić information content (AvgIpc) is 2.45.